The van der Waals surface area contributed by atoms with Crippen molar-refractivity contribution in [3.63, 3.8) is 0 Å². The molecular weight excluding hydrogens is 334 g/mol. The molecule has 2 N–H and O–H groups in total. The van der Waals surface area contributed by atoms with Gasteiger partial charge in [-0.3, -0.25) is 9.78 Å². The summed E-state index contributed by atoms with van der Waals surface area (Å²) in [6.07, 6.45) is 3.30. The third-order valence-electron chi connectivity index (χ3n) is 4.29. The van der Waals surface area contributed by atoms with E-state index in [4.69, 9.17) is 0 Å². The summed E-state index contributed by atoms with van der Waals surface area (Å²) in [5.41, 5.74) is 5.40. The molecule has 0 fully saturated rings. The van der Waals surface area contributed by atoms with Crippen LogP contribution in [0.1, 0.15) is 42.3 Å². The Morgan fingerprint density at radius 2 is 1.70 bits per heavy atom. The molecule has 3 rings (SSSR count). The summed E-state index contributed by atoms with van der Waals surface area (Å²) in [6, 6.07) is 17.7. The number of hydrogen-bond donors (Lipinski definition) is 2. The zero-order chi connectivity index (χ0) is 19.4. The van der Waals surface area contributed by atoms with Gasteiger partial charge in [-0.2, -0.15) is 0 Å². The van der Waals surface area contributed by atoms with Crippen molar-refractivity contribution in [2.45, 2.75) is 33.1 Å². The molecule has 0 aliphatic heterocycles. The molecule has 0 radical (unpaired) electrons. The lowest BCUT2D eigenvalue weighted by atomic mass is 9.86. The Balaban J connectivity index is 1.81. The summed E-state index contributed by atoms with van der Waals surface area (Å²) in [5.74, 6) is -0.180. The van der Waals surface area contributed by atoms with Gasteiger partial charge < -0.3 is 10.6 Å². The van der Waals surface area contributed by atoms with E-state index < -0.39 is 0 Å². The molecule has 3 aromatic rings. The van der Waals surface area contributed by atoms with E-state index in [1.807, 2.05) is 55.5 Å². The molecule has 4 nitrogen and oxygen atoms in total. The Bertz CT molecular complexity index is 958. The Hall–Kier alpha value is -3.14. The highest BCUT2D eigenvalue weighted by Crippen LogP contribution is 2.31. The number of amides is 1. The minimum Gasteiger partial charge on any atom is -0.354 e. The molecule has 0 saturated heterocycles. The number of aryl methyl sites for hydroxylation is 1. The van der Waals surface area contributed by atoms with Gasteiger partial charge in [-0.05, 0) is 47.7 Å². The van der Waals surface area contributed by atoms with Crippen LogP contribution in [0.25, 0.3) is 0 Å². The molecule has 0 spiro atoms. The van der Waals surface area contributed by atoms with Crippen LogP contribution in [0.3, 0.4) is 0 Å². The van der Waals surface area contributed by atoms with E-state index in [-0.39, 0.29) is 11.3 Å². The van der Waals surface area contributed by atoms with E-state index in [0.717, 1.165) is 22.6 Å². The molecule has 2 aromatic carbocycles. The van der Waals surface area contributed by atoms with Gasteiger partial charge >= 0.3 is 0 Å². The fraction of sp³-hybridized carbons (Fsp3) is 0.217. The Morgan fingerprint density at radius 3 is 2.44 bits per heavy atom. The lowest BCUT2D eigenvalue weighted by Gasteiger charge is -2.23. The Morgan fingerprint density at radius 1 is 0.926 bits per heavy atom. The first-order chi connectivity index (χ1) is 12.8. The van der Waals surface area contributed by atoms with Crippen molar-refractivity contribution in [2.75, 3.05) is 10.6 Å². The summed E-state index contributed by atoms with van der Waals surface area (Å²) in [4.78, 5) is 16.8. The van der Waals surface area contributed by atoms with Crippen LogP contribution < -0.4 is 10.6 Å². The van der Waals surface area contributed by atoms with Crippen LogP contribution in [0.5, 0.6) is 0 Å². The molecule has 0 aliphatic rings. The van der Waals surface area contributed by atoms with Crippen LogP contribution in [0.2, 0.25) is 0 Å². The second kappa shape index (κ2) is 7.62. The number of carbonyl (C=O) groups excluding carboxylic acids is 1. The molecule has 138 valence electrons. The summed E-state index contributed by atoms with van der Waals surface area (Å²) in [6.45, 7) is 8.53. The molecule has 1 amide bonds. The Kier molecular flexibility index (Phi) is 5.26. The Labute approximate surface area is 160 Å². The van der Waals surface area contributed by atoms with Gasteiger partial charge in [-0.25, -0.2) is 0 Å². The summed E-state index contributed by atoms with van der Waals surface area (Å²) in [7, 11) is 0. The van der Waals surface area contributed by atoms with E-state index in [9.17, 15) is 4.79 Å². The number of rotatable bonds is 4. The van der Waals surface area contributed by atoms with Crippen molar-refractivity contribution in [1.29, 1.82) is 0 Å². The number of pyridine rings is 1. The van der Waals surface area contributed by atoms with Crippen LogP contribution in [0, 0.1) is 6.92 Å². The van der Waals surface area contributed by atoms with Gasteiger partial charge in [0.2, 0.25) is 0 Å². The number of carbonyl (C=O) groups is 1. The first kappa shape index (κ1) is 18.6. The topological polar surface area (TPSA) is 54.0 Å². The van der Waals surface area contributed by atoms with Crippen molar-refractivity contribution >= 4 is 23.0 Å². The zero-order valence-electron chi connectivity index (χ0n) is 16.2. The molecule has 0 bridgehead atoms. The second-order valence-electron chi connectivity index (χ2n) is 7.71. The molecule has 1 heterocycles. The maximum Gasteiger partial charge on any atom is 0.257 e. The average Bonchev–Trinajstić information content (AvgIpc) is 2.61. The standard InChI is InChI=1S/C23H25N3O/c1-16-8-7-9-18(12-16)26-22(27)17-13-19(15-24-14-17)25-21-11-6-5-10-20(21)23(2,3)4/h5-15,25H,1-4H3,(H,26,27). The van der Waals surface area contributed by atoms with Gasteiger partial charge in [0, 0.05) is 17.6 Å². The molecule has 4 heteroatoms. The van der Waals surface area contributed by atoms with Gasteiger partial charge in [0.1, 0.15) is 0 Å². The number of aromatic nitrogens is 1. The maximum atomic E-state index is 12.6. The van der Waals surface area contributed by atoms with E-state index in [2.05, 4.69) is 42.5 Å². The number of anilines is 3. The molecule has 0 aliphatic carbocycles. The average molecular weight is 359 g/mol. The normalized spacial score (nSPS) is 11.1. The number of nitrogens with one attached hydrogen (secondary N) is 2. The highest BCUT2D eigenvalue weighted by atomic mass is 16.1. The van der Waals surface area contributed by atoms with E-state index in [1.54, 1.807) is 12.4 Å². The van der Waals surface area contributed by atoms with Gasteiger partial charge in [0.15, 0.2) is 0 Å². The minimum absolute atomic E-state index is 0.0111. The van der Waals surface area contributed by atoms with Crippen molar-refractivity contribution in [2.24, 2.45) is 0 Å². The van der Waals surface area contributed by atoms with Crippen LogP contribution in [-0.4, -0.2) is 10.9 Å². The van der Waals surface area contributed by atoms with Crippen LogP contribution in [0.4, 0.5) is 17.1 Å². The zero-order valence-corrected chi connectivity index (χ0v) is 16.2. The minimum atomic E-state index is -0.180. The molecule has 0 atom stereocenters. The molecule has 0 saturated carbocycles. The lowest BCUT2D eigenvalue weighted by molar-refractivity contribution is 0.102. The third kappa shape index (κ3) is 4.73. The van der Waals surface area contributed by atoms with Gasteiger partial charge in [0.05, 0.1) is 17.4 Å². The predicted molar refractivity (Wildman–Crippen MR) is 112 cm³/mol. The van der Waals surface area contributed by atoms with Crippen LogP contribution in [0.15, 0.2) is 67.0 Å². The van der Waals surface area contributed by atoms with Crippen LogP contribution >= 0.6 is 0 Å². The van der Waals surface area contributed by atoms with E-state index in [1.165, 1.54) is 5.56 Å². The summed E-state index contributed by atoms with van der Waals surface area (Å²) < 4.78 is 0. The van der Waals surface area contributed by atoms with Gasteiger partial charge in [-0.15, -0.1) is 0 Å². The maximum absolute atomic E-state index is 12.6. The lowest BCUT2D eigenvalue weighted by Crippen LogP contribution is -2.14. The number of benzene rings is 2. The quantitative estimate of drug-likeness (QED) is 0.630. The van der Waals surface area contributed by atoms with Crippen molar-refractivity contribution in [3.05, 3.63) is 83.7 Å². The highest BCUT2D eigenvalue weighted by molar-refractivity contribution is 6.04. The smallest absolute Gasteiger partial charge is 0.257 e. The fourth-order valence-corrected chi connectivity index (χ4v) is 2.96. The SMILES string of the molecule is Cc1cccc(NC(=O)c2cncc(Nc3ccccc3C(C)(C)C)c2)c1. The van der Waals surface area contributed by atoms with Crippen LogP contribution in [-0.2, 0) is 5.41 Å². The number of para-hydroxylation sites is 1. The number of nitrogens with zero attached hydrogens (tertiary/aromatic N) is 1. The summed E-state index contributed by atoms with van der Waals surface area (Å²) >= 11 is 0. The predicted octanol–water partition coefficient (Wildman–Crippen LogP) is 5.68. The monoisotopic (exact) mass is 359 g/mol. The van der Waals surface area contributed by atoms with Crippen molar-refractivity contribution in [3.8, 4) is 0 Å². The highest BCUT2D eigenvalue weighted by Gasteiger charge is 2.17. The molecule has 27 heavy (non-hydrogen) atoms. The molecular formula is C23H25N3O. The van der Waals surface area contributed by atoms with Crippen molar-refractivity contribution in [1.82, 2.24) is 4.98 Å². The van der Waals surface area contributed by atoms with Gasteiger partial charge in [-0.1, -0.05) is 51.1 Å². The van der Waals surface area contributed by atoms with Crippen molar-refractivity contribution < 1.29 is 4.79 Å². The largest absolute Gasteiger partial charge is 0.354 e. The van der Waals surface area contributed by atoms with E-state index >= 15 is 0 Å². The first-order valence-electron chi connectivity index (χ1n) is 9.02. The molecule has 1 aromatic heterocycles. The van der Waals surface area contributed by atoms with E-state index in [0.29, 0.717) is 5.56 Å². The number of hydrogen-bond acceptors (Lipinski definition) is 3. The third-order valence-corrected chi connectivity index (χ3v) is 4.29. The fourth-order valence-electron chi connectivity index (χ4n) is 2.96. The summed E-state index contributed by atoms with van der Waals surface area (Å²) in [5, 5.41) is 6.32. The van der Waals surface area contributed by atoms with Gasteiger partial charge in [0.25, 0.3) is 5.91 Å². The molecule has 0 unspecified atom stereocenters. The first-order valence-corrected chi connectivity index (χ1v) is 9.02. The second-order valence-corrected chi connectivity index (χ2v) is 7.71.